The monoisotopic (exact) mass is 166 g/mol. The van der Waals surface area contributed by atoms with E-state index in [0.717, 1.165) is 18.5 Å². The van der Waals surface area contributed by atoms with Crippen molar-refractivity contribution in [2.75, 3.05) is 0 Å². The number of hydrogen-bond acceptors (Lipinski definition) is 2. The SMILES string of the molecule is C=C(N)CC(C)C[C@H](C)CC#N. The minimum atomic E-state index is 0.476. The van der Waals surface area contributed by atoms with Crippen LogP contribution < -0.4 is 5.73 Å². The van der Waals surface area contributed by atoms with E-state index in [1.54, 1.807) is 0 Å². The number of rotatable bonds is 5. The second-order valence-corrected chi connectivity index (χ2v) is 3.67. The van der Waals surface area contributed by atoms with Crippen LogP contribution >= 0.6 is 0 Å². The highest BCUT2D eigenvalue weighted by Gasteiger charge is 2.08. The molecule has 0 aliphatic carbocycles. The van der Waals surface area contributed by atoms with Crippen LogP contribution in [-0.4, -0.2) is 0 Å². The highest BCUT2D eigenvalue weighted by molar-refractivity contribution is 4.88. The zero-order valence-corrected chi connectivity index (χ0v) is 8.01. The van der Waals surface area contributed by atoms with Gasteiger partial charge in [-0.15, -0.1) is 0 Å². The lowest BCUT2D eigenvalue weighted by Gasteiger charge is -2.14. The third kappa shape index (κ3) is 5.79. The number of nitrogens with two attached hydrogens (primary N) is 1. The molecule has 0 fully saturated rings. The minimum Gasteiger partial charge on any atom is -0.403 e. The zero-order valence-electron chi connectivity index (χ0n) is 8.01. The van der Waals surface area contributed by atoms with E-state index in [4.69, 9.17) is 11.0 Å². The van der Waals surface area contributed by atoms with Crippen molar-refractivity contribution < 1.29 is 0 Å². The van der Waals surface area contributed by atoms with E-state index in [1.165, 1.54) is 0 Å². The average molecular weight is 166 g/mol. The highest BCUT2D eigenvalue weighted by Crippen LogP contribution is 2.18. The Bertz CT molecular complexity index is 179. The quantitative estimate of drug-likeness (QED) is 0.682. The Morgan fingerprint density at radius 3 is 2.50 bits per heavy atom. The van der Waals surface area contributed by atoms with Crippen molar-refractivity contribution in [2.24, 2.45) is 17.6 Å². The van der Waals surface area contributed by atoms with E-state index < -0.39 is 0 Å². The average Bonchev–Trinajstić information content (AvgIpc) is 1.84. The van der Waals surface area contributed by atoms with Gasteiger partial charge < -0.3 is 5.73 Å². The van der Waals surface area contributed by atoms with Gasteiger partial charge in [0.25, 0.3) is 0 Å². The summed E-state index contributed by atoms with van der Waals surface area (Å²) in [6.07, 6.45) is 2.57. The van der Waals surface area contributed by atoms with E-state index in [2.05, 4.69) is 26.5 Å². The molecule has 0 saturated carbocycles. The molecule has 0 rings (SSSR count). The normalized spacial score (nSPS) is 14.8. The fourth-order valence-electron chi connectivity index (χ4n) is 1.46. The molecule has 0 spiro atoms. The molecule has 0 radical (unpaired) electrons. The first-order chi connectivity index (χ1) is 5.56. The second-order valence-electron chi connectivity index (χ2n) is 3.67. The number of nitriles is 1. The molecule has 2 atom stereocenters. The highest BCUT2D eigenvalue weighted by atomic mass is 14.6. The molecule has 12 heavy (non-hydrogen) atoms. The Hall–Kier alpha value is -0.970. The molecule has 0 aromatic carbocycles. The summed E-state index contributed by atoms with van der Waals surface area (Å²) in [5, 5.41) is 8.44. The Balaban J connectivity index is 3.62. The number of allylic oxidation sites excluding steroid dienone is 1. The molecule has 2 heteroatoms. The Labute approximate surface area is 75.1 Å². The lowest BCUT2D eigenvalue weighted by Crippen LogP contribution is -2.06. The van der Waals surface area contributed by atoms with Crippen molar-refractivity contribution in [3.8, 4) is 6.07 Å². The van der Waals surface area contributed by atoms with Crippen LogP contribution in [0.2, 0.25) is 0 Å². The summed E-state index contributed by atoms with van der Waals surface area (Å²) in [6, 6.07) is 2.17. The zero-order chi connectivity index (χ0) is 9.56. The van der Waals surface area contributed by atoms with Gasteiger partial charge in [0.15, 0.2) is 0 Å². The van der Waals surface area contributed by atoms with Gasteiger partial charge in [0.05, 0.1) is 6.07 Å². The molecule has 1 unspecified atom stereocenters. The maximum atomic E-state index is 8.44. The van der Waals surface area contributed by atoms with E-state index in [-0.39, 0.29) is 0 Å². The van der Waals surface area contributed by atoms with E-state index in [1.807, 2.05) is 0 Å². The van der Waals surface area contributed by atoms with Crippen LogP contribution in [0.15, 0.2) is 12.3 Å². The molecule has 0 amide bonds. The van der Waals surface area contributed by atoms with Crippen LogP contribution in [0.25, 0.3) is 0 Å². The van der Waals surface area contributed by atoms with Gasteiger partial charge in [-0.1, -0.05) is 20.4 Å². The lowest BCUT2D eigenvalue weighted by atomic mass is 9.92. The largest absolute Gasteiger partial charge is 0.403 e. The summed E-state index contributed by atoms with van der Waals surface area (Å²) in [5.74, 6) is 1.02. The van der Waals surface area contributed by atoms with Crippen molar-refractivity contribution in [2.45, 2.75) is 33.1 Å². The maximum Gasteiger partial charge on any atom is 0.0624 e. The van der Waals surface area contributed by atoms with Crippen LogP contribution in [0.4, 0.5) is 0 Å². The van der Waals surface area contributed by atoms with Gasteiger partial charge in [0, 0.05) is 12.1 Å². The molecule has 0 bridgehead atoms. The third-order valence-corrected chi connectivity index (χ3v) is 1.86. The van der Waals surface area contributed by atoms with Crippen LogP contribution in [0.1, 0.15) is 33.1 Å². The van der Waals surface area contributed by atoms with E-state index in [0.29, 0.717) is 18.3 Å². The van der Waals surface area contributed by atoms with E-state index >= 15 is 0 Å². The van der Waals surface area contributed by atoms with Crippen molar-refractivity contribution in [1.82, 2.24) is 0 Å². The molecule has 0 aliphatic heterocycles. The van der Waals surface area contributed by atoms with Crippen LogP contribution in [0, 0.1) is 23.2 Å². The van der Waals surface area contributed by atoms with E-state index in [9.17, 15) is 0 Å². The molecule has 0 aromatic heterocycles. The predicted molar refractivity (Wildman–Crippen MR) is 51.1 cm³/mol. The van der Waals surface area contributed by atoms with Gasteiger partial charge in [-0.2, -0.15) is 5.26 Å². The first kappa shape index (κ1) is 11.0. The molecule has 0 heterocycles. The summed E-state index contributed by atoms with van der Waals surface area (Å²) in [5.41, 5.74) is 6.23. The standard InChI is InChI=1S/C10H18N2/c1-8(4-5-11)6-9(2)7-10(3)12/h8-9H,3-4,6-7,12H2,1-2H3/t8-,9?/m1/s1. The molecule has 0 aliphatic rings. The predicted octanol–water partition coefficient (Wildman–Crippen LogP) is 2.42. The van der Waals surface area contributed by atoms with Crippen molar-refractivity contribution in [3.63, 3.8) is 0 Å². The summed E-state index contributed by atoms with van der Waals surface area (Å²) in [4.78, 5) is 0. The Kier molecular flexibility index (Phi) is 5.19. The van der Waals surface area contributed by atoms with Gasteiger partial charge in [-0.3, -0.25) is 0 Å². The molecular formula is C10H18N2. The first-order valence-electron chi connectivity index (χ1n) is 4.36. The smallest absolute Gasteiger partial charge is 0.0624 e. The molecule has 2 N–H and O–H groups in total. The lowest BCUT2D eigenvalue weighted by molar-refractivity contribution is 0.416. The summed E-state index contributed by atoms with van der Waals surface area (Å²) in [6.45, 7) is 7.90. The van der Waals surface area contributed by atoms with Crippen molar-refractivity contribution in [1.29, 1.82) is 5.26 Å². The van der Waals surface area contributed by atoms with Gasteiger partial charge in [-0.05, 0) is 24.7 Å². The number of hydrogen-bond donors (Lipinski definition) is 1. The Morgan fingerprint density at radius 1 is 1.50 bits per heavy atom. The fourth-order valence-corrected chi connectivity index (χ4v) is 1.46. The molecular weight excluding hydrogens is 148 g/mol. The topological polar surface area (TPSA) is 49.8 Å². The van der Waals surface area contributed by atoms with Crippen molar-refractivity contribution >= 4 is 0 Å². The minimum absolute atomic E-state index is 0.476. The second kappa shape index (κ2) is 5.65. The van der Waals surface area contributed by atoms with Crippen molar-refractivity contribution in [3.05, 3.63) is 12.3 Å². The summed E-state index contributed by atoms with van der Waals surface area (Å²) in [7, 11) is 0. The van der Waals surface area contributed by atoms with Gasteiger partial charge in [0.1, 0.15) is 0 Å². The molecule has 2 nitrogen and oxygen atoms in total. The first-order valence-corrected chi connectivity index (χ1v) is 4.36. The maximum absolute atomic E-state index is 8.44. The van der Waals surface area contributed by atoms with Crippen LogP contribution in [0.3, 0.4) is 0 Å². The summed E-state index contributed by atoms with van der Waals surface area (Å²) < 4.78 is 0. The third-order valence-electron chi connectivity index (χ3n) is 1.86. The fraction of sp³-hybridized carbons (Fsp3) is 0.700. The Morgan fingerprint density at radius 2 is 2.08 bits per heavy atom. The number of nitrogens with zero attached hydrogens (tertiary/aromatic N) is 1. The molecule has 0 aromatic rings. The molecule has 0 saturated heterocycles. The van der Waals surface area contributed by atoms with Gasteiger partial charge in [-0.25, -0.2) is 0 Å². The molecule has 68 valence electrons. The van der Waals surface area contributed by atoms with Gasteiger partial charge >= 0.3 is 0 Å². The summed E-state index contributed by atoms with van der Waals surface area (Å²) >= 11 is 0. The van der Waals surface area contributed by atoms with Crippen LogP contribution in [-0.2, 0) is 0 Å². The van der Waals surface area contributed by atoms with Crippen LogP contribution in [0.5, 0.6) is 0 Å². The van der Waals surface area contributed by atoms with Gasteiger partial charge in [0.2, 0.25) is 0 Å².